The largest absolute Gasteiger partial charge is 0.0622 e. The lowest BCUT2D eigenvalue weighted by molar-refractivity contribution is 0.219. The van der Waals surface area contributed by atoms with Crippen LogP contribution in [0.2, 0.25) is 0 Å². The first kappa shape index (κ1) is 43.6. The van der Waals surface area contributed by atoms with Crippen LogP contribution in [-0.2, 0) is 16.2 Å². The van der Waals surface area contributed by atoms with Crippen LogP contribution in [0.3, 0.4) is 0 Å². The molecule has 3 unspecified atom stereocenters. The van der Waals surface area contributed by atoms with E-state index < -0.39 is 0 Å². The van der Waals surface area contributed by atoms with Gasteiger partial charge in [-0.2, -0.15) is 0 Å². The first-order chi connectivity index (χ1) is 24.9. The molecule has 0 amide bonds. The third kappa shape index (κ3) is 12.2. The minimum absolute atomic E-state index is 0.0194. The predicted molar refractivity (Wildman–Crippen MR) is 239 cm³/mol. The van der Waals surface area contributed by atoms with Crippen LogP contribution in [0.4, 0.5) is 0 Å². The summed E-state index contributed by atoms with van der Waals surface area (Å²) in [6.45, 7) is 37.3. The first-order valence-electron chi connectivity index (χ1n) is 21.2. The van der Waals surface area contributed by atoms with Crippen molar-refractivity contribution in [2.45, 2.75) is 176 Å². The normalized spacial score (nSPS) is 15.2. The number of hydrogen-bond acceptors (Lipinski definition) is 0. The Kier molecular flexibility index (Phi) is 13.7. The topological polar surface area (TPSA) is 0 Å². The van der Waals surface area contributed by atoms with Crippen molar-refractivity contribution in [3.05, 3.63) is 143 Å². The van der Waals surface area contributed by atoms with E-state index >= 15 is 0 Å². The highest BCUT2D eigenvalue weighted by atomic mass is 14.4. The van der Waals surface area contributed by atoms with Gasteiger partial charge in [-0.25, -0.2) is 0 Å². The van der Waals surface area contributed by atoms with Gasteiger partial charge in [0.25, 0.3) is 0 Å². The van der Waals surface area contributed by atoms with Crippen LogP contribution in [0.25, 0.3) is 0 Å². The molecule has 0 saturated carbocycles. The van der Waals surface area contributed by atoms with Crippen molar-refractivity contribution in [3.8, 4) is 0 Å². The average molecular weight is 727 g/mol. The molecule has 0 heterocycles. The standard InChI is InChI=1S/C54H78/c1-40(43-25-19-16-20-26-43)34-49(4,5)37-52(10,11)46-31-47(53(12,13)38-50(6,7)35-41(2)44-27-21-17-22-28-44)33-48(32-46)54(14,15)39-51(8,9)36-42(3)45-29-23-18-24-30-45/h16-33,40-42H,34-39H2,1-15H3. The summed E-state index contributed by atoms with van der Waals surface area (Å²) in [4.78, 5) is 0. The third-order valence-corrected chi connectivity index (χ3v) is 12.7. The molecule has 0 aliphatic rings. The zero-order valence-corrected chi connectivity index (χ0v) is 37.4. The molecular weight excluding hydrogens is 649 g/mol. The summed E-state index contributed by atoms with van der Waals surface area (Å²) in [5.74, 6) is 1.58. The fraction of sp³-hybridized carbons (Fsp3) is 0.556. The molecule has 54 heavy (non-hydrogen) atoms. The van der Waals surface area contributed by atoms with Gasteiger partial charge in [0.1, 0.15) is 0 Å². The summed E-state index contributed by atoms with van der Waals surface area (Å²) in [5.41, 5.74) is 9.47. The zero-order chi connectivity index (χ0) is 40.2. The number of rotatable bonds is 18. The molecule has 0 nitrogen and oxygen atoms in total. The number of benzene rings is 4. The Morgan fingerprint density at radius 1 is 0.333 bits per heavy atom. The lowest BCUT2D eigenvalue weighted by Crippen LogP contribution is -2.32. The summed E-state index contributed by atoms with van der Waals surface area (Å²) in [5, 5.41) is 0. The van der Waals surface area contributed by atoms with E-state index in [0.717, 1.165) is 19.3 Å². The molecule has 0 aromatic heterocycles. The van der Waals surface area contributed by atoms with Crippen LogP contribution < -0.4 is 0 Å². The van der Waals surface area contributed by atoms with Gasteiger partial charge in [0.2, 0.25) is 0 Å². The monoisotopic (exact) mass is 727 g/mol. The second kappa shape index (κ2) is 16.9. The van der Waals surface area contributed by atoms with E-state index in [0.29, 0.717) is 17.8 Å². The maximum Gasteiger partial charge on any atom is -0.00983 e. The SMILES string of the molecule is CC(CC(C)(C)CC(C)(C)c1cc(C(C)(C)CC(C)(C)CC(C)c2ccccc2)cc(C(C)(C)CC(C)(C)CC(C)c2ccccc2)c1)c1ccccc1. The van der Waals surface area contributed by atoms with Gasteiger partial charge in [-0.1, -0.05) is 213 Å². The van der Waals surface area contributed by atoms with Crippen molar-refractivity contribution < 1.29 is 0 Å². The quantitative estimate of drug-likeness (QED) is 0.0958. The van der Waals surface area contributed by atoms with Gasteiger partial charge in [0, 0.05) is 0 Å². The second-order valence-electron chi connectivity index (χ2n) is 22.0. The van der Waals surface area contributed by atoms with Crippen LogP contribution in [0.5, 0.6) is 0 Å². The molecule has 294 valence electrons. The molecule has 4 rings (SSSR count). The van der Waals surface area contributed by atoms with E-state index in [4.69, 9.17) is 0 Å². The minimum Gasteiger partial charge on any atom is -0.0622 e. The third-order valence-electron chi connectivity index (χ3n) is 12.7. The van der Waals surface area contributed by atoms with E-state index in [1.54, 1.807) is 0 Å². The van der Waals surface area contributed by atoms with Gasteiger partial charge in [0.15, 0.2) is 0 Å². The van der Waals surface area contributed by atoms with Gasteiger partial charge in [-0.3, -0.25) is 0 Å². The summed E-state index contributed by atoms with van der Waals surface area (Å²) in [7, 11) is 0. The molecule has 3 atom stereocenters. The Balaban J connectivity index is 1.70. The Labute approximate surface area is 334 Å². The lowest BCUT2D eigenvalue weighted by Gasteiger charge is -2.42. The molecule has 0 radical (unpaired) electrons. The summed E-state index contributed by atoms with van der Waals surface area (Å²) in [6, 6.07) is 41.2. The fourth-order valence-electron chi connectivity index (χ4n) is 11.1. The van der Waals surface area contributed by atoms with Crippen LogP contribution in [-0.4, -0.2) is 0 Å². The predicted octanol–water partition coefficient (Wildman–Crippen LogP) is 16.3. The van der Waals surface area contributed by atoms with Gasteiger partial charge in [0.05, 0.1) is 0 Å². The van der Waals surface area contributed by atoms with E-state index in [1.165, 1.54) is 52.6 Å². The molecule has 0 spiro atoms. The smallest absolute Gasteiger partial charge is 0.00983 e. The molecule has 0 aliphatic heterocycles. The van der Waals surface area contributed by atoms with Crippen molar-refractivity contribution in [1.29, 1.82) is 0 Å². The van der Waals surface area contributed by atoms with Crippen LogP contribution in [0.15, 0.2) is 109 Å². The molecule has 4 aromatic carbocycles. The zero-order valence-electron chi connectivity index (χ0n) is 37.4. The van der Waals surface area contributed by atoms with Crippen molar-refractivity contribution in [3.63, 3.8) is 0 Å². The first-order valence-corrected chi connectivity index (χ1v) is 21.2. The maximum absolute atomic E-state index is 2.62. The van der Waals surface area contributed by atoms with E-state index in [2.05, 4.69) is 213 Å². The Morgan fingerprint density at radius 3 is 0.741 bits per heavy atom. The molecule has 0 heteroatoms. The van der Waals surface area contributed by atoms with Gasteiger partial charge >= 0.3 is 0 Å². The Morgan fingerprint density at radius 2 is 0.537 bits per heavy atom. The summed E-state index contributed by atoms with van der Waals surface area (Å²) in [6.07, 6.45) is 6.94. The van der Waals surface area contributed by atoms with Gasteiger partial charge < -0.3 is 0 Å². The van der Waals surface area contributed by atoms with E-state index in [1.807, 2.05) is 0 Å². The minimum atomic E-state index is 0.0194. The fourth-order valence-corrected chi connectivity index (χ4v) is 11.1. The van der Waals surface area contributed by atoms with E-state index in [9.17, 15) is 0 Å². The molecule has 0 aliphatic carbocycles. The summed E-state index contributed by atoms with van der Waals surface area (Å²) >= 11 is 0. The lowest BCUT2D eigenvalue weighted by atomic mass is 9.63. The van der Waals surface area contributed by atoms with Crippen LogP contribution in [0, 0.1) is 16.2 Å². The average Bonchev–Trinajstić information content (AvgIpc) is 3.07. The van der Waals surface area contributed by atoms with E-state index in [-0.39, 0.29) is 32.5 Å². The molecule has 0 bridgehead atoms. The highest BCUT2D eigenvalue weighted by Crippen LogP contribution is 2.48. The van der Waals surface area contributed by atoms with Crippen molar-refractivity contribution in [2.24, 2.45) is 16.2 Å². The second-order valence-corrected chi connectivity index (χ2v) is 22.0. The molecule has 0 saturated heterocycles. The molecule has 4 aromatic rings. The van der Waals surface area contributed by atoms with Gasteiger partial charge in [-0.15, -0.1) is 0 Å². The number of hydrogen-bond donors (Lipinski definition) is 0. The van der Waals surface area contributed by atoms with Crippen molar-refractivity contribution in [2.75, 3.05) is 0 Å². The van der Waals surface area contributed by atoms with Crippen LogP contribution in [0.1, 0.15) is 194 Å². The highest BCUT2D eigenvalue weighted by Gasteiger charge is 2.38. The van der Waals surface area contributed by atoms with Crippen molar-refractivity contribution >= 4 is 0 Å². The van der Waals surface area contributed by atoms with Crippen LogP contribution >= 0.6 is 0 Å². The maximum atomic E-state index is 2.62. The summed E-state index contributed by atoms with van der Waals surface area (Å²) < 4.78 is 0. The van der Waals surface area contributed by atoms with Gasteiger partial charge in [-0.05, 0) is 122 Å². The Bertz CT molecular complexity index is 1510. The molecule has 0 fully saturated rings. The Hall–Kier alpha value is -3.12. The van der Waals surface area contributed by atoms with Crippen molar-refractivity contribution in [1.82, 2.24) is 0 Å². The molecule has 0 N–H and O–H groups in total. The molecular formula is C54H78. The highest BCUT2D eigenvalue weighted by molar-refractivity contribution is 5.41.